The fraction of sp³-hybridized carbons (Fsp3) is 0.769. The number of hydrogen-bond donors (Lipinski definition) is 1. The molecule has 0 unspecified atom stereocenters. The van der Waals surface area contributed by atoms with Crippen LogP contribution in [0.2, 0.25) is 0 Å². The van der Waals surface area contributed by atoms with Gasteiger partial charge in [0.1, 0.15) is 5.25 Å². The quantitative estimate of drug-likeness (QED) is 0.757. The Bertz CT molecular complexity index is 546. The Morgan fingerprint density at radius 2 is 1.91 bits per heavy atom. The summed E-state index contributed by atoms with van der Waals surface area (Å²) in [5.74, 6) is -2.09. The molecule has 2 amide bonds. The molecule has 1 aliphatic heterocycles. The highest BCUT2D eigenvalue weighted by molar-refractivity contribution is 7.89. The molecule has 0 aromatic carbocycles. The Morgan fingerprint density at radius 1 is 1.30 bits per heavy atom. The molecular weight excluding hydrogens is 335 g/mol. The number of sulfonamides is 1. The van der Waals surface area contributed by atoms with E-state index in [1.165, 1.54) is 14.1 Å². The van der Waals surface area contributed by atoms with Crippen molar-refractivity contribution in [2.24, 2.45) is 5.92 Å². The molecule has 23 heavy (non-hydrogen) atoms. The highest BCUT2D eigenvalue weighted by Gasteiger charge is 2.55. The number of carbonyl (C=O) groups is 1. The normalized spacial score (nSPS) is 23.0. The summed E-state index contributed by atoms with van der Waals surface area (Å²) >= 11 is 0. The molecule has 0 spiro atoms. The zero-order chi connectivity index (χ0) is 17.8. The molecule has 1 saturated heterocycles. The number of rotatable bonds is 5. The van der Waals surface area contributed by atoms with Gasteiger partial charge in [0.15, 0.2) is 0 Å². The van der Waals surface area contributed by atoms with Gasteiger partial charge in [-0.3, -0.25) is 0 Å². The van der Waals surface area contributed by atoms with Crippen molar-refractivity contribution in [3.05, 3.63) is 12.2 Å². The van der Waals surface area contributed by atoms with Crippen LogP contribution in [0.1, 0.15) is 13.3 Å². The van der Waals surface area contributed by atoms with Gasteiger partial charge in [0.2, 0.25) is 10.0 Å². The molecule has 1 N–H and O–H groups in total. The van der Waals surface area contributed by atoms with E-state index >= 15 is 0 Å². The molecule has 1 aliphatic rings. The number of carbonyl (C=O) groups excluding carboxylic acids is 1. The molecule has 0 radical (unpaired) electrons. The van der Waals surface area contributed by atoms with Crippen molar-refractivity contribution < 1.29 is 26.4 Å². The molecule has 10 heteroatoms. The lowest BCUT2D eigenvalue weighted by atomic mass is 10.1. The highest BCUT2D eigenvalue weighted by atomic mass is 32.2. The smallest absolute Gasteiger partial charge is 0.335 e. The molecule has 1 heterocycles. The van der Waals surface area contributed by atoms with Crippen molar-refractivity contribution in [2.75, 3.05) is 33.7 Å². The fourth-order valence-electron chi connectivity index (χ4n) is 2.33. The summed E-state index contributed by atoms with van der Waals surface area (Å²) in [5, 5.41) is 0.771. The maximum Gasteiger partial charge on any atom is 0.394 e. The van der Waals surface area contributed by atoms with Crippen LogP contribution in [0.25, 0.3) is 0 Å². The molecule has 0 aromatic heterocycles. The average molecular weight is 357 g/mol. The first-order chi connectivity index (χ1) is 10.5. The summed E-state index contributed by atoms with van der Waals surface area (Å²) < 4.78 is 64.4. The van der Waals surface area contributed by atoms with Gasteiger partial charge in [-0.15, -0.1) is 0 Å². The molecule has 0 bridgehead atoms. The second kappa shape index (κ2) is 7.52. The SMILES string of the molecule is CC/C=C/CNC(=O)N1C[C@@H](C(F)(F)F)[C@H](S(=O)(=O)N(C)C)C1. The van der Waals surface area contributed by atoms with Crippen LogP contribution in [-0.4, -0.2) is 68.8 Å². The minimum absolute atomic E-state index is 0.185. The first-order valence-corrected chi connectivity index (χ1v) is 8.68. The summed E-state index contributed by atoms with van der Waals surface area (Å²) in [6.07, 6.45) is -0.422. The molecule has 6 nitrogen and oxygen atoms in total. The van der Waals surface area contributed by atoms with Gasteiger partial charge in [-0.25, -0.2) is 17.5 Å². The third kappa shape index (κ3) is 4.84. The third-order valence-electron chi connectivity index (χ3n) is 3.64. The van der Waals surface area contributed by atoms with Gasteiger partial charge >= 0.3 is 12.2 Å². The van der Waals surface area contributed by atoms with E-state index in [1.807, 2.05) is 13.0 Å². The van der Waals surface area contributed by atoms with E-state index in [2.05, 4.69) is 5.32 Å². The van der Waals surface area contributed by atoms with E-state index in [0.717, 1.165) is 15.6 Å². The number of allylic oxidation sites excluding steroid dienone is 1. The van der Waals surface area contributed by atoms with Crippen LogP contribution in [0.3, 0.4) is 0 Å². The van der Waals surface area contributed by atoms with E-state index in [4.69, 9.17) is 0 Å². The van der Waals surface area contributed by atoms with Crippen LogP contribution >= 0.6 is 0 Å². The fourth-order valence-corrected chi connectivity index (χ4v) is 3.90. The lowest BCUT2D eigenvalue weighted by molar-refractivity contribution is -0.169. The molecular formula is C13H22F3N3O3S. The first-order valence-electron chi connectivity index (χ1n) is 7.17. The zero-order valence-corrected chi connectivity index (χ0v) is 14.1. The van der Waals surface area contributed by atoms with Crippen LogP contribution in [0.15, 0.2) is 12.2 Å². The highest BCUT2D eigenvalue weighted by Crippen LogP contribution is 2.37. The third-order valence-corrected chi connectivity index (χ3v) is 5.90. The van der Waals surface area contributed by atoms with Crippen molar-refractivity contribution in [2.45, 2.75) is 24.8 Å². The summed E-state index contributed by atoms with van der Waals surface area (Å²) in [6, 6.07) is -0.698. The molecule has 1 fully saturated rings. The topological polar surface area (TPSA) is 69.7 Å². The number of urea groups is 1. The number of nitrogens with one attached hydrogen (secondary N) is 1. The Balaban J connectivity index is 2.89. The Kier molecular flexibility index (Phi) is 6.46. The van der Waals surface area contributed by atoms with E-state index < -0.39 is 46.5 Å². The lowest BCUT2D eigenvalue weighted by Gasteiger charge is -2.23. The standard InChI is InChI=1S/C13H22F3N3O3S/c1-4-5-6-7-17-12(20)19-8-10(13(14,15)16)11(9-19)23(21,22)18(2)3/h5-6,10-11H,4,7-9H2,1-3H3,(H,17,20)/b6-5+/t10-,11-/m1/s1. The second-order valence-corrected chi connectivity index (χ2v) is 7.85. The van der Waals surface area contributed by atoms with Crippen LogP contribution in [0.4, 0.5) is 18.0 Å². The molecule has 0 aromatic rings. The number of halogens is 3. The van der Waals surface area contributed by atoms with Crippen LogP contribution in [-0.2, 0) is 10.0 Å². The number of amides is 2. The van der Waals surface area contributed by atoms with Crippen LogP contribution in [0.5, 0.6) is 0 Å². The van der Waals surface area contributed by atoms with E-state index in [9.17, 15) is 26.4 Å². The van der Waals surface area contributed by atoms with Crippen molar-refractivity contribution in [1.82, 2.24) is 14.5 Å². The van der Waals surface area contributed by atoms with E-state index in [1.54, 1.807) is 6.08 Å². The van der Waals surface area contributed by atoms with Crippen LogP contribution < -0.4 is 5.32 Å². The Morgan fingerprint density at radius 3 is 2.39 bits per heavy atom. The van der Waals surface area contributed by atoms with Gasteiger partial charge in [-0.05, 0) is 6.42 Å². The van der Waals surface area contributed by atoms with Crippen LogP contribution in [0, 0.1) is 5.92 Å². The molecule has 2 atom stereocenters. The molecule has 0 aliphatic carbocycles. The van der Waals surface area contributed by atoms with E-state index in [0.29, 0.717) is 0 Å². The maximum absolute atomic E-state index is 13.1. The second-order valence-electron chi connectivity index (χ2n) is 5.48. The number of alkyl halides is 3. The van der Waals surface area contributed by atoms with Gasteiger partial charge in [-0.2, -0.15) is 13.2 Å². The largest absolute Gasteiger partial charge is 0.394 e. The predicted molar refractivity (Wildman–Crippen MR) is 80.3 cm³/mol. The van der Waals surface area contributed by atoms with Crippen molar-refractivity contribution in [3.8, 4) is 0 Å². The van der Waals surface area contributed by atoms with E-state index in [-0.39, 0.29) is 6.54 Å². The van der Waals surface area contributed by atoms with Gasteiger partial charge < -0.3 is 10.2 Å². The number of likely N-dealkylation sites (tertiary alicyclic amines) is 1. The van der Waals surface area contributed by atoms with Gasteiger partial charge in [0.25, 0.3) is 0 Å². The predicted octanol–water partition coefficient (Wildman–Crippen LogP) is 1.42. The summed E-state index contributed by atoms with van der Waals surface area (Å²) in [6.45, 7) is 0.951. The first kappa shape index (κ1) is 19.8. The van der Waals surface area contributed by atoms with Gasteiger partial charge in [0, 0.05) is 33.7 Å². The van der Waals surface area contributed by atoms with Gasteiger partial charge in [0.05, 0.1) is 5.92 Å². The van der Waals surface area contributed by atoms with Gasteiger partial charge in [-0.1, -0.05) is 19.1 Å². The minimum atomic E-state index is -4.69. The summed E-state index contributed by atoms with van der Waals surface area (Å²) in [4.78, 5) is 12.8. The molecule has 134 valence electrons. The summed E-state index contributed by atoms with van der Waals surface area (Å²) in [7, 11) is -1.76. The molecule has 1 rings (SSSR count). The zero-order valence-electron chi connectivity index (χ0n) is 13.3. The van der Waals surface area contributed by atoms with Crippen molar-refractivity contribution in [3.63, 3.8) is 0 Å². The average Bonchev–Trinajstić information content (AvgIpc) is 2.89. The number of hydrogen-bond acceptors (Lipinski definition) is 3. The number of nitrogens with zero attached hydrogens (tertiary/aromatic N) is 2. The Labute approximate surface area is 134 Å². The van der Waals surface area contributed by atoms with Crippen molar-refractivity contribution >= 4 is 16.1 Å². The lowest BCUT2D eigenvalue weighted by Crippen LogP contribution is -2.43. The Hall–Kier alpha value is -1.29. The minimum Gasteiger partial charge on any atom is -0.335 e. The monoisotopic (exact) mass is 357 g/mol. The molecule has 0 saturated carbocycles. The van der Waals surface area contributed by atoms with Crippen molar-refractivity contribution in [1.29, 1.82) is 0 Å². The summed E-state index contributed by atoms with van der Waals surface area (Å²) in [5.41, 5.74) is 0. The maximum atomic E-state index is 13.1.